The van der Waals surface area contributed by atoms with Crippen molar-refractivity contribution in [2.45, 2.75) is 32.6 Å². The molecule has 1 aliphatic rings. The van der Waals surface area contributed by atoms with Crippen molar-refractivity contribution in [2.75, 3.05) is 24.1 Å². The molecule has 1 aromatic heterocycles. The molecule has 3 rings (SSSR count). The average Bonchev–Trinajstić information content (AvgIpc) is 2.69. The van der Waals surface area contributed by atoms with Crippen LogP contribution in [0.1, 0.15) is 30.4 Å². The topological polar surface area (TPSA) is 88.3 Å². The van der Waals surface area contributed by atoms with Crippen LogP contribution in [0.15, 0.2) is 42.6 Å². The lowest BCUT2D eigenvalue weighted by atomic mass is 9.96. The zero-order valence-corrected chi connectivity index (χ0v) is 18.1. The van der Waals surface area contributed by atoms with E-state index in [-0.39, 0.29) is 42.5 Å². The van der Waals surface area contributed by atoms with Crippen molar-refractivity contribution < 1.29 is 9.59 Å². The molecule has 8 heteroatoms. The number of piperidine rings is 1. The van der Waals surface area contributed by atoms with Gasteiger partial charge in [0.05, 0.1) is 5.92 Å². The smallest absolute Gasteiger partial charge is 0.230 e. The lowest BCUT2D eigenvalue weighted by Crippen LogP contribution is -2.43. The highest BCUT2D eigenvalue weighted by Gasteiger charge is 2.28. The minimum Gasteiger partial charge on any atom is -0.399 e. The fourth-order valence-corrected chi connectivity index (χ4v) is 3.35. The summed E-state index contributed by atoms with van der Waals surface area (Å²) in [6, 6.07) is 11.3. The fourth-order valence-electron chi connectivity index (χ4n) is 3.35. The number of hydrogen-bond donors (Lipinski definition) is 2. The molecule has 2 amide bonds. The van der Waals surface area contributed by atoms with Gasteiger partial charge in [0.2, 0.25) is 11.8 Å². The quantitative estimate of drug-likeness (QED) is 0.697. The van der Waals surface area contributed by atoms with Gasteiger partial charge in [0.25, 0.3) is 0 Å². The largest absolute Gasteiger partial charge is 0.399 e. The number of rotatable bonds is 5. The number of halogens is 2. The number of carbonyl (C=O) groups excluding carboxylic acids is 2. The number of benzene rings is 1. The number of nitrogens with two attached hydrogens (primary N) is 1. The van der Waals surface area contributed by atoms with Gasteiger partial charge in [-0.15, -0.1) is 24.8 Å². The van der Waals surface area contributed by atoms with Crippen LogP contribution in [0, 0.1) is 12.8 Å². The Balaban J connectivity index is 0.00000210. The van der Waals surface area contributed by atoms with Crippen LogP contribution in [0.2, 0.25) is 0 Å². The van der Waals surface area contributed by atoms with Gasteiger partial charge < -0.3 is 16.0 Å². The number of nitrogens with zero attached hydrogens (tertiary/aromatic N) is 2. The molecule has 0 saturated carbocycles. The Labute approximate surface area is 184 Å². The molecular weight excluding hydrogens is 411 g/mol. The van der Waals surface area contributed by atoms with Gasteiger partial charge in [0, 0.05) is 31.4 Å². The van der Waals surface area contributed by atoms with Crippen LogP contribution in [0.3, 0.4) is 0 Å². The van der Waals surface area contributed by atoms with Crippen LogP contribution in [-0.2, 0) is 16.0 Å². The van der Waals surface area contributed by atoms with E-state index in [2.05, 4.69) is 10.3 Å². The average molecular weight is 439 g/mol. The van der Waals surface area contributed by atoms with Crippen molar-refractivity contribution in [1.82, 2.24) is 9.88 Å². The predicted molar refractivity (Wildman–Crippen MR) is 121 cm³/mol. The summed E-state index contributed by atoms with van der Waals surface area (Å²) in [6.45, 7) is 3.11. The minimum absolute atomic E-state index is 0. The lowest BCUT2D eigenvalue weighted by Gasteiger charge is -2.32. The van der Waals surface area contributed by atoms with Gasteiger partial charge >= 0.3 is 0 Å². The molecule has 1 atom stereocenters. The van der Waals surface area contributed by atoms with Crippen molar-refractivity contribution in [1.29, 1.82) is 0 Å². The van der Waals surface area contributed by atoms with Gasteiger partial charge in [0.15, 0.2) is 0 Å². The summed E-state index contributed by atoms with van der Waals surface area (Å²) in [6.07, 6.45) is 4.36. The van der Waals surface area contributed by atoms with Gasteiger partial charge in [-0.3, -0.25) is 9.59 Å². The van der Waals surface area contributed by atoms with Crippen molar-refractivity contribution in [3.05, 3.63) is 53.7 Å². The van der Waals surface area contributed by atoms with E-state index in [4.69, 9.17) is 5.73 Å². The summed E-state index contributed by atoms with van der Waals surface area (Å²) in [5.41, 5.74) is 8.69. The Hall–Kier alpha value is -2.31. The monoisotopic (exact) mass is 438 g/mol. The Bertz CT molecular complexity index is 815. The zero-order valence-electron chi connectivity index (χ0n) is 16.5. The van der Waals surface area contributed by atoms with Gasteiger partial charge in [0.1, 0.15) is 5.82 Å². The normalized spacial score (nSPS) is 15.6. The first-order valence-corrected chi connectivity index (χ1v) is 9.37. The molecule has 1 aromatic carbocycles. The van der Waals surface area contributed by atoms with Crippen LogP contribution < -0.4 is 11.1 Å². The highest BCUT2D eigenvalue weighted by Crippen LogP contribution is 2.20. The Kier molecular flexibility index (Phi) is 9.92. The first kappa shape index (κ1) is 24.7. The maximum Gasteiger partial charge on any atom is 0.230 e. The second-order valence-corrected chi connectivity index (χ2v) is 7.09. The van der Waals surface area contributed by atoms with E-state index in [1.54, 1.807) is 17.2 Å². The number of aryl methyl sites for hydroxylation is 2. The van der Waals surface area contributed by atoms with E-state index in [1.165, 1.54) is 0 Å². The Morgan fingerprint density at radius 3 is 2.66 bits per heavy atom. The molecular formula is C21H28Cl2N4O2. The lowest BCUT2D eigenvalue weighted by molar-refractivity contribution is -0.134. The van der Waals surface area contributed by atoms with E-state index in [1.807, 2.05) is 37.3 Å². The number of aromatic nitrogens is 1. The SMILES string of the molecule is Cc1ccc(NC(=O)C2CCCN(C(=O)CCc3ccccc3N)C2)nc1.Cl.Cl. The van der Waals surface area contributed by atoms with Crippen LogP contribution >= 0.6 is 24.8 Å². The molecule has 1 aliphatic heterocycles. The third-order valence-corrected chi connectivity index (χ3v) is 4.97. The molecule has 0 aliphatic carbocycles. The molecule has 0 bridgehead atoms. The van der Waals surface area contributed by atoms with Crippen molar-refractivity contribution in [2.24, 2.45) is 5.92 Å². The first-order chi connectivity index (χ1) is 13.0. The third kappa shape index (κ3) is 6.91. The van der Waals surface area contributed by atoms with Crippen LogP contribution in [0.25, 0.3) is 0 Å². The van der Waals surface area contributed by atoms with Gasteiger partial charge in [-0.25, -0.2) is 4.98 Å². The predicted octanol–water partition coefficient (Wildman–Crippen LogP) is 3.63. The van der Waals surface area contributed by atoms with Crippen molar-refractivity contribution in [3.63, 3.8) is 0 Å². The number of anilines is 2. The second kappa shape index (κ2) is 11.6. The van der Waals surface area contributed by atoms with Crippen LogP contribution in [0.4, 0.5) is 11.5 Å². The standard InChI is InChI=1S/C21H26N4O2.2ClH/c1-15-8-10-19(23-13-15)24-21(27)17-6-4-12-25(14-17)20(26)11-9-16-5-2-3-7-18(16)22;;/h2-3,5,7-8,10,13,17H,4,6,9,11-12,14,22H2,1H3,(H,23,24,27);2*1H. The molecule has 2 aromatic rings. The summed E-state index contributed by atoms with van der Waals surface area (Å²) >= 11 is 0. The Morgan fingerprint density at radius 1 is 1.21 bits per heavy atom. The highest BCUT2D eigenvalue weighted by atomic mass is 35.5. The van der Waals surface area contributed by atoms with Crippen LogP contribution in [0.5, 0.6) is 0 Å². The number of para-hydroxylation sites is 1. The van der Waals surface area contributed by atoms with Gasteiger partial charge in [-0.1, -0.05) is 24.3 Å². The molecule has 1 unspecified atom stereocenters. The number of likely N-dealkylation sites (tertiary alicyclic amines) is 1. The first-order valence-electron chi connectivity index (χ1n) is 9.37. The minimum atomic E-state index is -0.201. The third-order valence-electron chi connectivity index (χ3n) is 4.97. The number of nitrogens with one attached hydrogen (secondary N) is 1. The molecule has 158 valence electrons. The zero-order chi connectivity index (χ0) is 19.2. The molecule has 0 radical (unpaired) electrons. The molecule has 29 heavy (non-hydrogen) atoms. The second-order valence-electron chi connectivity index (χ2n) is 7.09. The maximum absolute atomic E-state index is 12.6. The summed E-state index contributed by atoms with van der Waals surface area (Å²) in [7, 11) is 0. The van der Waals surface area contributed by atoms with Crippen molar-refractivity contribution in [3.8, 4) is 0 Å². The van der Waals surface area contributed by atoms with E-state index < -0.39 is 0 Å². The van der Waals surface area contributed by atoms with Gasteiger partial charge in [-0.05, 0) is 49.4 Å². The summed E-state index contributed by atoms with van der Waals surface area (Å²) in [5.74, 6) is 0.349. The van der Waals surface area contributed by atoms with Crippen LogP contribution in [-0.4, -0.2) is 34.8 Å². The molecule has 3 N–H and O–H groups in total. The summed E-state index contributed by atoms with van der Waals surface area (Å²) < 4.78 is 0. The van der Waals surface area contributed by atoms with E-state index in [0.717, 1.165) is 24.0 Å². The van der Waals surface area contributed by atoms with Gasteiger partial charge in [-0.2, -0.15) is 0 Å². The fraction of sp³-hybridized carbons (Fsp3) is 0.381. The molecule has 6 nitrogen and oxygen atoms in total. The highest BCUT2D eigenvalue weighted by molar-refractivity contribution is 5.92. The molecule has 1 saturated heterocycles. The number of hydrogen-bond acceptors (Lipinski definition) is 4. The number of amides is 2. The molecule has 0 spiro atoms. The van der Waals surface area contributed by atoms with E-state index in [0.29, 0.717) is 37.4 Å². The van der Waals surface area contributed by atoms with Crippen molar-refractivity contribution >= 4 is 48.1 Å². The number of nitrogen functional groups attached to an aromatic ring is 1. The van der Waals surface area contributed by atoms with E-state index in [9.17, 15) is 9.59 Å². The maximum atomic E-state index is 12.6. The molecule has 2 heterocycles. The van der Waals surface area contributed by atoms with E-state index >= 15 is 0 Å². The number of pyridine rings is 1. The number of carbonyl (C=O) groups is 2. The summed E-state index contributed by atoms with van der Waals surface area (Å²) in [5, 5.41) is 2.86. The summed E-state index contributed by atoms with van der Waals surface area (Å²) in [4.78, 5) is 31.1. The molecule has 1 fully saturated rings. The Morgan fingerprint density at radius 2 is 1.97 bits per heavy atom.